The molecule has 0 aromatic carbocycles. The molecule has 1 saturated carbocycles. The fourth-order valence-corrected chi connectivity index (χ4v) is 10.2. The third kappa shape index (κ3) is 30.8. The minimum atomic E-state index is -1.10. The molecular weight excluding hydrogens is 721 g/mol. The van der Waals surface area contributed by atoms with E-state index in [1.54, 1.807) is 0 Å². The normalized spacial score (nSPS) is 17.8. The van der Waals surface area contributed by atoms with Crippen LogP contribution in [-0.4, -0.2) is 48.1 Å². The number of carbonyl (C=O) groups excluding carboxylic acids is 1. The number of Topliss-reactive ketones (excluding diaryl/α,β-unsaturated/α-hetero) is 1. The maximum atomic E-state index is 11.6. The van der Waals surface area contributed by atoms with Crippen molar-refractivity contribution in [1.82, 2.24) is 10.2 Å². The molecule has 0 aliphatic heterocycles. The Morgan fingerprint density at radius 3 is 1.63 bits per heavy atom. The number of aliphatic hydroxyl groups excluding tert-OH is 1. The number of nitrogens with zero attached hydrogens (tertiary/aromatic N) is 1. The van der Waals surface area contributed by atoms with Crippen LogP contribution in [0, 0.1) is 35.5 Å². The van der Waals surface area contributed by atoms with Gasteiger partial charge in [-0.2, -0.15) is 0 Å². The summed E-state index contributed by atoms with van der Waals surface area (Å²) in [6.45, 7) is 24.1. The Kier molecular flexibility index (Phi) is 36.9. The number of nitrogens with one attached hydrogen (secondary N) is 1. The van der Waals surface area contributed by atoms with Crippen molar-refractivity contribution in [2.45, 2.75) is 273 Å². The molecule has 1 rings (SSSR count). The first-order valence-electron chi connectivity index (χ1n) is 27.0. The zero-order valence-corrected chi connectivity index (χ0v) is 41.4. The van der Waals surface area contributed by atoms with Crippen LogP contribution >= 0.6 is 0 Å². The van der Waals surface area contributed by atoms with Gasteiger partial charge in [0.1, 0.15) is 0 Å². The van der Waals surface area contributed by atoms with Gasteiger partial charge in [-0.05, 0) is 94.2 Å². The number of hydrogen-bond donors (Lipinski definition) is 2. The van der Waals surface area contributed by atoms with Crippen molar-refractivity contribution in [2.75, 3.05) is 26.2 Å². The van der Waals surface area contributed by atoms with Crippen molar-refractivity contribution in [3.63, 3.8) is 0 Å². The van der Waals surface area contributed by atoms with Crippen molar-refractivity contribution < 1.29 is 9.90 Å². The molecule has 0 aromatic rings. The van der Waals surface area contributed by atoms with E-state index >= 15 is 0 Å². The lowest BCUT2D eigenvalue weighted by Gasteiger charge is -2.26. The van der Waals surface area contributed by atoms with Crippen molar-refractivity contribution in [1.29, 1.82) is 0 Å². The van der Waals surface area contributed by atoms with Crippen LogP contribution in [0.4, 0.5) is 0 Å². The van der Waals surface area contributed by atoms with Gasteiger partial charge in [0, 0.05) is 12.2 Å². The van der Waals surface area contributed by atoms with Gasteiger partial charge in [0.15, 0.2) is 11.9 Å². The Morgan fingerprint density at radius 1 is 0.610 bits per heavy atom. The molecule has 0 aromatic heterocycles. The van der Waals surface area contributed by atoms with E-state index in [-0.39, 0.29) is 5.78 Å². The van der Waals surface area contributed by atoms with Crippen LogP contribution in [0.25, 0.3) is 0 Å². The summed E-state index contributed by atoms with van der Waals surface area (Å²) in [7, 11) is 0. The van der Waals surface area contributed by atoms with Crippen molar-refractivity contribution in [2.24, 2.45) is 35.5 Å². The summed E-state index contributed by atoms with van der Waals surface area (Å²) in [6.07, 6.45) is 46.7. The number of ketones is 1. The third-order valence-electron chi connectivity index (χ3n) is 14.8. The van der Waals surface area contributed by atoms with E-state index < -0.39 is 6.10 Å². The number of hydrogen-bond acceptors (Lipinski definition) is 4. The van der Waals surface area contributed by atoms with Crippen LogP contribution in [0.2, 0.25) is 0 Å². The molecule has 0 bridgehead atoms. The van der Waals surface area contributed by atoms with Crippen molar-refractivity contribution >= 4 is 5.78 Å². The summed E-state index contributed by atoms with van der Waals surface area (Å²) in [5.41, 5.74) is 0.438. The van der Waals surface area contributed by atoms with Crippen molar-refractivity contribution in [3.8, 4) is 0 Å². The average Bonchev–Trinajstić information content (AvgIpc) is 4.00. The third-order valence-corrected chi connectivity index (χ3v) is 14.8. The van der Waals surface area contributed by atoms with Gasteiger partial charge in [-0.1, -0.05) is 234 Å². The SMILES string of the molecule is C=C(NCCCN(CCCCCCCCC1CC1C(CC)CCCCCCCC)CCCCCC(C)C(C)CC(CCCCCC)CCCCCCCC)[C@@H](O)C(C)=O. The van der Waals surface area contributed by atoms with Gasteiger partial charge in [-0.3, -0.25) is 4.79 Å². The second-order valence-corrected chi connectivity index (χ2v) is 20.3. The monoisotopic (exact) mass is 829 g/mol. The lowest BCUT2D eigenvalue weighted by Crippen LogP contribution is -2.32. The van der Waals surface area contributed by atoms with Gasteiger partial charge in [0.05, 0.1) is 0 Å². The first-order chi connectivity index (χ1) is 28.7. The van der Waals surface area contributed by atoms with E-state index in [4.69, 9.17) is 0 Å². The zero-order chi connectivity index (χ0) is 43.4. The van der Waals surface area contributed by atoms with E-state index in [9.17, 15) is 9.90 Å². The second-order valence-electron chi connectivity index (χ2n) is 20.3. The Labute approximate surface area is 371 Å². The molecule has 4 nitrogen and oxygen atoms in total. The highest BCUT2D eigenvalue weighted by molar-refractivity contribution is 5.82. The lowest BCUT2D eigenvalue weighted by molar-refractivity contribution is -0.123. The van der Waals surface area contributed by atoms with Crippen molar-refractivity contribution in [3.05, 3.63) is 12.3 Å². The molecule has 2 N–H and O–H groups in total. The topological polar surface area (TPSA) is 52.6 Å². The molecule has 0 saturated heterocycles. The summed E-state index contributed by atoms with van der Waals surface area (Å²) in [4.78, 5) is 14.3. The highest BCUT2D eigenvalue weighted by atomic mass is 16.3. The molecule has 4 heteroatoms. The average molecular weight is 829 g/mol. The molecule has 1 aliphatic rings. The fraction of sp³-hybridized carbons (Fsp3) is 0.945. The molecule has 7 atom stereocenters. The van der Waals surface area contributed by atoms with Gasteiger partial charge >= 0.3 is 0 Å². The Balaban J connectivity index is 2.39. The predicted octanol–water partition coefficient (Wildman–Crippen LogP) is 16.4. The largest absolute Gasteiger partial charge is 0.386 e. The van der Waals surface area contributed by atoms with E-state index in [0.29, 0.717) is 5.70 Å². The fourth-order valence-electron chi connectivity index (χ4n) is 10.2. The van der Waals surface area contributed by atoms with E-state index in [0.717, 1.165) is 55.0 Å². The maximum Gasteiger partial charge on any atom is 0.164 e. The van der Waals surface area contributed by atoms with Gasteiger partial charge in [0.2, 0.25) is 0 Å². The summed E-state index contributed by atoms with van der Waals surface area (Å²) in [5, 5.41) is 13.3. The summed E-state index contributed by atoms with van der Waals surface area (Å²) < 4.78 is 0. The maximum absolute atomic E-state index is 11.6. The van der Waals surface area contributed by atoms with Crippen LogP contribution in [0.3, 0.4) is 0 Å². The molecule has 1 aliphatic carbocycles. The smallest absolute Gasteiger partial charge is 0.164 e. The van der Waals surface area contributed by atoms with Gasteiger partial charge < -0.3 is 15.3 Å². The second kappa shape index (κ2) is 38.8. The first-order valence-corrected chi connectivity index (χ1v) is 27.0. The van der Waals surface area contributed by atoms with E-state index in [1.807, 2.05) is 0 Å². The lowest BCUT2D eigenvalue weighted by atomic mass is 9.80. The van der Waals surface area contributed by atoms with Crippen LogP contribution in [0.1, 0.15) is 267 Å². The van der Waals surface area contributed by atoms with Crippen LogP contribution < -0.4 is 5.32 Å². The summed E-state index contributed by atoms with van der Waals surface area (Å²) >= 11 is 0. The highest BCUT2D eigenvalue weighted by Gasteiger charge is 2.40. The van der Waals surface area contributed by atoms with E-state index in [1.165, 1.54) is 232 Å². The Hall–Kier alpha value is -0.870. The Morgan fingerprint density at radius 2 is 1.07 bits per heavy atom. The summed E-state index contributed by atoms with van der Waals surface area (Å²) in [6, 6.07) is 0. The number of rotatable bonds is 46. The molecule has 0 heterocycles. The molecule has 350 valence electrons. The number of carbonyl (C=O) groups is 1. The van der Waals surface area contributed by atoms with E-state index in [2.05, 4.69) is 58.3 Å². The Bertz CT molecular complexity index is 951. The number of aliphatic hydroxyl groups is 1. The quantitative estimate of drug-likeness (QED) is 0.0600. The highest BCUT2D eigenvalue weighted by Crippen LogP contribution is 2.50. The number of unbranched alkanes of at least 4 members (excludes halogenated alkanes) is 20. The van der Waals surface area contributed by atoms with Crippen LogP contribution in [0.5, 0.6) is 0 Å². The summed E-state index contributed by atoms with van der Waals surface area (Å²) in [5.74, 6) is 5.48. The first kappa shape index (κ1) is 56.1. The van der Waals surface area contributed by atoms with Gasteiger partial charge in [0.25, 0.3) is 0 Å². The standard InChI is InChI=1S/C55H108N2O2/c1-9-13-16-19-23-30-38-51(37-29-18-15-11-3)45-48(6)47(5)36-28-27-34-43-57(44-35-41-56-49(7)55(59)50(8)58)42-33-26-22-21-25-32-40-53-46-54(53)52(12-4)39-31-24-20-17-14-10-2/h47-48,51-56,59H,7,9-46H2,1-6,8H3/t47?,48?,51?,52?,53?,54?,55-/m1/s1. The van der Waals surface area contributed by atoms with Crippen LogP contribution in [0.15, 0.2) is 12.3 Å². The molecular formula is C55H108N2O2. The zero-order valence-electron chi connectivity index (χ0n) is 41.4. The molecule has 6 unspecified atom stereocenters. The van der Waals surface area contributed by atoms with Crippen LogP contribution in [-0.2, 0) is 4.79 Å². The molecule has 59 heavy (non-hydrogen) atoms. The minimum absolute atomic E-state index is 0.246. The van der Waals surface area contributed by atoms with Gasteiger partial charge in [-0.25, -0.2) is 0 Å². The van der Waals surface area contributed by atoms with Gasteiger partial charge in [-0.15, -0.1) is 0 Å². The predicted molar refractivity (Wildman–Crippen MR) is 262 cm³/mol. The molecule has 0 spiro atoms. The minimum Gasteiger partial charge on any atom is -0.386 e. The molecule has 1 fully saturated rings. The molecule has 0 radical (unpaired) electrons. The molecule has 0 amide bonds.